The molecule has 1 N–H and O–H groups in total. The van der Waals surface area contributed by atoms with Gasteiger partial charge < -0.3 is 5.32 Å². The van der Waals surface area contributed by atoms with Crippen LogP contribution in [-0.4, -0.2) is 23.4 Å². The van der Waals surface area contributed by atoms with Crippen LogP contribution >= 0.6 is 0 Å². The third-order valence-corrected chi connectivity index (χ3v) is 4.61. The number of aryl methyl sites for hydroxylation is 1. The standard InChI is InChI=1S/C17H16N4O2/c18-9-3-4-12(10-19)11-21-15(22)17(20-16(21)23)8-7-13-5-1-2-6-14(13)17/h1-2,5-6,12H,3-4,7-8,11H2,(H,20,23)/t12-,17-/m1/s1. The minimum Gasteiger partial charge on any atom is -0.319 e. The molecule has 0 saturated carbocycles. The number of urea groups is 1. The first-order chi connectivity index (χ1) is 11.1. The van der Waals surface area contributed by atoms with Crippen molar-refractivity contribution in [1.82, 2.24) is 10.2 Å². The average molecular weight is 308 g/mol. The summed E-state index contributed by atoms with van der Waals surface area (Å²) in [6, 6.07) is 11.2. The van der Waals surface area contributed by atoms with Crippen LogP contribution in [0.2, 0.25) is 0 Å². The summed E-state index contributed by atoms with van der Waals surface area (Å²) in [6.07, 6.45) is 1.87. The van der Waals surface area contributed by atoms with Gasteiger partial charge in [-0.25, -0.2) is 4.79 Å². The summed E-state index contributed by atoms with van der Waals surface area (Å²) >= 11 is 0. The molecule has 6 nitrogen and oxygen atoms in total. The van der Waals surface area contributed by atoms with Crippen LogP contribution in [0.4, 0.5) is 4.79 Å². The number of amides is 3. The minimum atomic E-state index is -0.983. The van der Waals surface area contributed by atoms with Gasteiger partial charge in [0.2, 0.25) is 0 Å². The molecular weight excluding hydrogens is 292 g/mol. The zero-order chi connectivity index (χ0) is 16.4. The van der Waals surface area contributed by atoms with E-state index in [1.807, 2.05) is 30.3 Å². The third kappa shape index (κ3) is 2.33. The maximum atomic E-state index is 12.9. The first-order valence-electron chi connectivity index (χ1n) is 7.61. The maximum absolute atomic E-state index is 12.9. The Morgan fingerprint density at radius 2 is 2.09 bits per heavy atom. The molecule has 1 saturated heterocycles. The third-order valence-electron chi connectivity index (χ3n) is 4.61. The van der Waals surface area contributed by atoms with E-state index in [-0.39, 0.29) is 18.9 Å². The number of rotatable bonds is 4. The van der Waals surface area contributed by atoms with Gasteiger partial charge in [-0.3, -0.25) is 9.69 Å². The van der Waals surface area contributed by atoms with Crippen molar-refractivity contribution in [3.63, 3.8) is 0 Å². The molecule has 1 heterocycles. The van der Waals surface area contributed by atoms with Gasteiger partial charge in [-0.05, 0) is 30.4 Å². The Kier molecular flexibility index (Phi) is 3.75. The number of hydrogen-bond acceptors (Lipinski definition) is 4. The van der Waals surface area contributed by atoms with Gasteiger partial charge in [0, 0.05) is 13.0 Å². The highest BCUT2D eigenvalue weighted by atomic mass is 16.2. The fraction of sp³-hybridized carbons (Fsp3) is 0.412. The predicted octanol–water partition coefficient (Wildman–Crippen LogP) is 1.82. The van der Waals surface area contributed by atoms with E-state index in [2.05, 4.69) is 11.4 Å². The van der Waals surface area contributed by atoms with Crippen molar-refractivity contribution < 1.29 is 9.59 Å². The van der Waals surface area contributed by atoms with Gasteiger partial charge in [0.1, 0.15) is 5.54 Å². The highest BCUT2D eigenvalue weighted by Gasteiger charge is 2.55. The van der Waals surface area contributed by atoms with Gasteiger partial charge in [0.15, 0.2) is 0 Å². The summed E-state index contributed by atoms with van der Waals surface area (Å²) in [5, 5.41) is 20.6. The summed E-state index contributed by atoms with van der Waals surface area (Å²) in [4.78, 5) is 26.3. The lowest BCUT2D eigenvalue weighted by atomic mass is 9.91. The quantitative estimate of drug-likeness (QED) is 0.858. The van der Waals surface area contributed by atoms with Crippen LogP contribution in [0.1, 0.15) is 30.4 Å². The van der Waals surface area contributed by atoms with Crippen molar-refractivity contribution in [3.8, 4) is 12.1 Å². The van der Waals surface area contributed by atoms with E-state index in [4.69, 9.17) is 5.26 Å². The van der Waals surface area contributed by atoms with E-state index < -0.39 is 17.5 Å². The van der Waals surface area contributed by atoms with Crippen LogP contribution in [0.15, 0.2) is 24.3 Å². The average Bonchev–Trinajstić information content (AvgIpc) is 3.05. The largest absolute Gasteiger partial charge is 0.325 e. The van der Waals surface area contributed by atoms with Crippen LogP contribution in [0, 0.1) is 28.6 Å². The van der Waals surface area contributed by atoms with E-state index in [1.54, 1.807) is 0 Å². The second-order valence-electron chi connectivity index (χ2n) is 5.93. The monoisotopic (exact) mass is 308 g/mol. The molecule has 1 fully saturated rings. The van der Waals surface area contributed by atoms with Crippen LogP contribution in [0.5, 0.6) is 0 Å². The first-order valence-corrected chi connectivity index (χ1v) is 7.61. The van der Waals surface area contributed by atoms with Crippen molar-refractivity contribution in [2.75, 3.05) is 6.54 Å². The van der Waals surface area contributed by atoms with Gasteiger partial charge in [0.05, 0.1) is 18.1 Å². The second-order valence-corrected chi connectivity index (χ2v) is 5.93. The van der Waals surface area contributed by atoms with Gasteiger partial charge in [-0.15, -0.1) is 0 Å². The molecule has 2 aliphatic rings. The smallest absolute Gasteiger partial charge is 0.319 e. The molecule has 6 heteroatoms. The minimum absolute atomic E-state index is 0.0345. The Morgan fingerprint density at radius 3 is 2.83 bits per heavy atom. The molecule has 1 aromatic carbocycles. The Hall–Kier alpha value is -2.86. The van der Waals surface area contributed by atoms with Gasteiger partial charge in [-0.1, -0.05) is 24.3 Å². The molecule has 1 spiro atoms. The molecule has 0 radical (unpaired) electrons. The first kappa shape index (κ1) is 15.1. The fourth-order valence-corrected chi connectivity index (χ4v) is 3.41. The second kappa shape index (κ2) is 5.73. The number of carbonyl (C=O) groups excluding carboxylic acids is 2. The number of fused-ring (bicyclic) bond motifs is 2. The molecule has 1 aromatic rings. The van der Waals surface area contributed by atoms with Crippen molar-refractivity contribution in [3.05, 3.63) is 35.4 Å². The summed E-state index contributed by atoms with van der Waals surface area (Å²) in [5.41, 5.74) is 0.943. The Bertz CT molecular complexity index is 746. The van der Waals surface area contributed by atoms with Gasteiger partial charge in [-0.2, -0.15) is 10.5 Å². The molecule has 3 rings (SSSR count). The lowest BCUT2D eigenvalue weighted by Gasteiger charge is -2.22. The molecule has 0 aromatic heterocycles. The number of nitriles is 2. The van der Waals surface area contributed by atoms with Crippen molar-refractivity contribution in [2.24, 2.45) is 5.92 Å². The number of imide groups is 1. The van der Waals surface area contributed by atoms with Crippen LogP contribution in [-0.2, 0) is 16.8 Å². The van der Waals surface area contributed by atoms with E-state index in [1.165, 1.54) is 0 Å². The maximum Gasteiger partial charge on any atom is 0.325 e. The Morgan fingerprint density at radius 1 is 1.30 bits per heavy atom. The molecule has 1 aliphatic carbocycles. The van der Waals surface area contributed by atoms with Crippen LogP contribution in [0.25, 0.3) is 0 Å². The SMILES string of the molecule is N#CCC[C@H](C#N)CN1C(=O)N[C@@]2(CCc3ccccc32)C1=O. The summed E-state index contributed by atoms with van der Waals surface area (Å²) < 4.78 is 0. The molecule has 23 heavy (non-hydrogen) atoms. The number of hydrogen-bond donors (Lipinski definition) is 1. The van der Waals surface area contributed by atoms with E-state index in [9.17, 15) is 14.9 Å². The highest BCUT2D eigenvalue weighted by Crippen LogP contribution is 2.41. The molecule has 0 unspecified atom stereocenters. The fourth-order valence-electron chi connectivity index (χ4n) is 3.41. The number of nitrogens with one attached hydrogen (secondary N) is 1. The summed E-state index contributed by atoms with van der Waals surface area (Å²) in [7, 11) is 0. The lowest BCUT2D eigenvalue weighted by molar-refractivity contribution is -0.131. The predicted molar refractivity (Wildman–Crippen MR) is 80.6 cm³/mol. The number of benzene rings is 1. The zero-order valence-electron chi connectivity index (χ0n) is 12.6. The lowest BCUT2D eigenvalue weighted by Crippen LogP contribution is -2.42. The van der Waals surface area contributed by atoms with Gasteiger partial charge in [0.25, 0.3) is 5.91 Å². The summed E-state index contributed by atoms with van der Waals surface area (Å²) in [5.74, 6) is -0.805. The zero-order valence-corrected chi connectivity index (χ0v) is 12.6. The molecule has 116 valence electrons. The molecule has 3 amide bonds. The normalized spacial score (nSPS) is 23.3. The van der Waals surface area contributed by atoms with Gasteiger partial charge >= 0.3 is 6.03 Å². The Balaban J connectivity index is 1.85. The van der Waals surface area contributed by atoms with Crippen molar-refractivity contribution in [2.45, 2.75) is 31.2 Å². The van der Waals surface area contributed by atoms with Crippen LogP contribution < -0.4 is 5.32 Å². The molecule has 2 atom stereocenters. The van der Waals surface area contributed by atoms with Crippen molar-refractivity contribution >= 4 is 11.9 Å². The summed E-state index contributed by atoms with van der Waals surface area (Å²) in [6.45, 7) is 0.0345. The van der Waals surface area contributed by atoms with E-state index >= 15 is 0 Å². The van der Waals surface area contributed by atoms with E-state index in [0.29, 0.717) is 12.8 Å². The topological polar surface area (TPSA) is 97.0 Å². The molecular formula is C17H16N4O2. The van der Waals surface area contributed by atoms with Crippen molar-refractivity contribution in [1.29, 1.82) is 10.5 Å². The number of nitrogens with zero attached hydrogens (tertiary/aromatic N) is 3. The van der Waals surface area contributed by atoms with E-state index in [0.717, 1.165) is 22.4 Å². The Labute approximate surface area is 134 Å². The molecule has 0 bridgehead atoms. The highest BCUT2D eigenvalue weighted by molar-refractivity contribution is 6.08. The molecule has 1 aliphatic heterocycles. The number of carbonyl (C=O) groups is 2. The van der Waals surface area contributed by atoms with Crippen LogP contribution in [0.3, 0.4) is 0 Å².